The van der Waals surface area contributed by atoms with Crippen LogP contribution in [0.15, 0.2) is 48.5 Å². The first-order valence-electron chi connectivity index (χ1n) is 9.21. The lowest BCUT2D eigenvalue weighted by Gasteiger charge is -2.39. The van der Waals surface area contributed by atoms with Crippen molar-refractivity contribution in [3.05, 3.63) is 69.0 Å². The summed E-state index contributed by atoms with van der Waals surface area (Å²) < 4.78 is 14.2. The molecule has 1 N–H and O–H groups in total. The number of amides is 1. The zero-order chi connectivity index (χ0) is 20.1. The zero-order valence-corrected chi connectivity index (χ0v) is 17.5. The van der Waals surface area contributed by atoms with Crippen molar-refractivity contribution in [2.24, 2.45) is 0 Å². The first-order chi connectivity index (χ1) is 13.5. The number of carbonyl (C=O) groups excluding carboxylic acids is 1. The number of rotatable bonds is 6. The quantitative estimate of drug-likeness (QED) is 0.619. The second-order valence-electron chi connectivity index (χ2n) is 6.81. The maximum absolute atomic E-state index is 13.3. The molecule has 148 valence electrons. The van der Waals surface area contributed by atoms with Crippen LogP contribution in [0, 0.1) is 9.39 Å². The first kappa shape index (κ1) is 20.7. The number of halogens is 2. The summed E-state index contributed by atoms with van der Waals surface area (Å²) in [4.78, 5) is 27.9. The second kappa shape index (κ2) is 9.47. The predicted octanol–water partition coefficient (Wildman–Crippen LogP) is 3.79. The fourth-order valence-electron chi connectivity index (χ4n) is 3.55. The molecule has 7 heteroatoms. The van der Waals surface area contributed by atoms with Crippen molar-refractivity contribution in [2.75, 3.05) is 26.2 Å². The van der Waals surface area contributed by atoms with Gasteiger partial charge < -0.3 is 10.0 Å². The molecule has 2 aromatic carbocycles. The molecule has 0 unspecified atom stereocenters. The van der Waals surface area contributed by atoms with Crippen molar-refractivity contribution >= 4 is 34.5 Å². The predicted molar refractivity (Wildman–Crippen MR) is 113 cm³/mol. The van der Waals surface area contributed by atoms with Gasteiger partial charge in [-0.05, 0) is 58.8 Å². The molecule has 1 atom stereocenters. The van der Waals surface area contributed by atoms with Crippen LogP contribution < -0.4 is 0 Å². The topological polar surface area (TPSA) is 60.9 Å². The summed E-state index contributed by atoms with van der Waals surface area (Å²) in [7, 11) is 0. The van der Waals surface area contributed by atoms with E-state index in [0.29, 0.717) is 38.2 Å². The van der Waals surface area contributed by atoms with Gasteiger partial charge in [0, 0.05) is 42.2 Å². The van der Waals surface area contributed by atoms with Gasteiger partial charge in [-0.3, -0.25) is 14.5 Å². The molecule has 5 nitrogen and oxygen atoms in total. The van der Waals surface area contributed by atoms with Gasteiger partial charge in [0.25, 0.3) is 5.91 Å². The molecule has 3 rings (SSSR count). The molecular weight excluding hydrogens is 474 g/mol. The molecule has 0 radical (unpaired) electrons. The minimum atomic E-state index is -0.848. The third-order valence-corrected chi connectivity index (χ3v) is 5.97. The van der Waals surface area contributed by atoms with E-state index in [1.54, 1.807) is 12.1 Å². The van der Waals surface area contributed by atoms with Crippen LogP contribution in [0.3, 0.4) is 0 Å². The number of piperazine rings is 1. The van der Waals surface area contributed by atoms with E-state index in [1.807, 2.05) is 29.2 Å². The lowest BCUT2D eigenvalue weighted by molar-refractivity contribution is -0.137. The third kappa shape index (κ3) is 5.08. The highest BCUT2D eigenvalue weighted by Gasteiger charge is 2.28. The van der Waals surface area contributed by atoms with Gasteiger partial charge in [-0.15, -0.1) is 0 Å². The second-order valence-corrected chi connectivity index (χ2v) is 7.97. The Morgan fingerprint density at radius 3 is 2.29 bits per heavy atom. The number of carboxylic acid groups (broad SMARTS) is 1. The molecular formula is C21H22FIN2O3. The Morgan fingerprint density at radius 1 is 1.04 bits per heavy atom. The standard InChI is InChI=1S/C21H22FIN2O3/c22-16-7-5-15(6-8-16)19(9-10-20(26)27)24-11-13-25(14-12-24)21(28)17-3-1-2-4-18(17)23/h1-8,19H,9-14H2,(H,26,27)/t19-/m1/s1. The van der Waals surface area contributed by atoms with Crippen molar-refractivity contribution in [3.63, 3.8) is 0 Å². The van der Waals surface area contributed by atoms with Crippen LogP contribution >= 0.6 is 22.6 Å². The average molecular weight is 496 g/mol. The van der Waals surface area contributed by atoms with Gasteiger partial charge in [-0.1, -0.05) is 24.3 Å². The number of carboxylic acids is 1. The molecule has 1 fully saturated rings. The maximum atomic E-state index is 13.3. The van der Waals surface area contributed by atoms with E-state index in [9.17, 15) is 14.0 Å². The average Bonchev–Trinajstić information content (AvgIpc) is 2.69. The summed E-state index contributed by atoms with van der Waals surface area (Å²) >= 11 is 2.17. The van der Waals surface area contributed by atoms with Crippen molar-refractivity contribution in [1.29, 1.82) is 0 Å². The Balaban J connectivity index is 1.69. The van der Waals surface area contributed by atoms with Gasteiger partial charge in [0.15, 0.2) is 0 Å². The highest BCUT2D eigenvalue weighted by Crippen LogP contribution is 2.28. The zero-order valence-electron chi connectivity index (χ0n) is 15.4. The molecule has 0 bridgehead atoms. The summed E-state index contributed by atoms with van der Waals surface area (Å²) in [6, 6.07) is 13.7. The summed E-state index contributed by atoms with van der Waals surface area (Å²) in [5.74, 6) is -1.14. The van der Waals surface area contributed by atoms with E-state index in [4.69, 9.17) is 5.11 Å². The largest absolute Gasteiger partial charge is 0.481 e. The van der Waals surface area contributed by atoms with E-state index in [-0.39, 0.29) is 24.2 Å². The highest BCUT2D eigenvalue weighted by molar-refractivity contribution is 14.1. The van der Waals surface area contributed by atoms with Gasteiger partial charge >= 0.3 is 5.97 Å². The molecule has 0 aliphatic carbocycles. The Kier molecular flexibility index (Phi) is 7.01. The highest BCUT2D eigenvalue weighted by atomic mass is 127. The molecule has 1 aliphatic rings. The molecule has 2 aromatic rings. The van der Waals surface area contributed by atoms with Crippen LogP contribution in [0.2, 0.25) is 0 Å². The molecule has 0 saturated carbocycles. The molecule has 1 amide bonds. The molecule has 0 aromatic heterocycles. The number of hydrogen-bond acceptors (Lipinski definition) is 3. The molecule has 28 heavy (non-hydrogen) atoms. The van der Waals surface area contributed by atoms with Crippen LogP contribution in [0.25, 0.3) is 0 Å². The minimum Gasteiger partial charge on any atom is -0.481 e. The number of carbonyl (C=O) groups is 2. The Hall–Kier alpha value is -2.00. The molecule has 1 heterocycles. The van der Waals surface area contributed by atoms with Gasteiger partial charge in [0.05, 0.1) is 5.56 Å². The van der Waals surface area contributed by atoms with Crippen LogP contribution in [0.1, 0.15) is 34.8 Å². The third-order valence-electron chi connectivity index (χ3n) is 5.03. The van der Waals surface area contributed by atoms with Gasteiger partial charge in [0.2, 0.25) is 0 Å². The van der Waals surface area contributed by atoms with E-state index in [2.05, 4.69) is 27.5 Å². The van der Waals surface area contributed by atoms with Gasteiger partial charge in [-0.2, -0.15) is 0 Å². The van der Waals surface area contributed by atoms with E-state index >= 15 is 0 Å². The Labute approximate surface area is 177 Å². The Bertz CT molecular complexity index is 836. The maximum Gasteiger partial charge on any atom is 0.303 e. The van der Waals surface area contributed by atoms with E-state index < -0.39 is 5.97 Å². The van der Waals surface area contributed by atoms with Crippen LogP contribution in [-0.4, -0.2) is 53.0 Å². The molecule has 0 spiro atoms. The smallest absolute Gasteiger partial charge is 0.303 e. The van der Waals surface area contributed by atoms with Gasteiger partial charge in [-0.25, -0.2) is 4.39 Å². The fraction of sp³-hybridized carbons (Fsp3) is 0.333. The summed E-state index contributed by atoms with van der Waals surface area (Å²) in [6.45, 7) is 2.46. The lowest BCUT2D eigenvalue weighted by atomic mass is 9.99. The van der Waals surface area contributed by atoms with Crippen LogP contribution in [0.5, 0.6) is 0 Å². The molecule has 1 aliphatic heterocycles. The fourth-order valence-corrected chi connectivity index (χ4v) is 4.16. The Morgan fingerprint density at radius 2 is 1.68 bits per heavy atom. The summed E-state index contributed by atoms with van der Waals surface area (Å²) in [5.41, 5.74) is 1.61. The minimum absolute atomic E-state index is 0.0218. The number of hydrogen-bond donors (Lipinski definition) is 1. The number of benzene rings is 2. The van der Waals surface area contributed by atoms with Crippen molar-refractivity contribution in [3.8, 4) is 0 Å². The van der Waals surface area contributed by atoms with Crippen molar-refractivity contribution in [2.45, 2.75) is 18.9 Å². The number of aliphatic carboxylic acids is 1. The van der Waals surface area contributed by atoms with Gasteiger partial charge in [0.1, 0.15) is 5.82 Å². The van der Waals surface area contributed by atoms with Crippen molar-refractivity contribution in [1.82, 2.24) is 9.80 Å². The van der Waals surface area contributed by atoms with E-state index in [1.165, 1.54) is 12.1 Å². The normalized spacial score (nSPS) is 16.0. The summed E-state index contributed by atoms with van der Waals surface area (Å²) in [6.07, 6.45) is 0.495. The van der Waals surface area contributed by atoms with E-state index in [0.717, 1.165) is 9.13 Å². The summed E-state index contributed by atoms with van der Waals surface area (Å²) in [5, 5.41) is 9.09. The first-order valence-corrected chi connectivity index (χ1v) is 10.3. The monoisotopic (exact) mass is 496 g/mol. The lowest BCUT2D eigenvalue weighted by Crippen LogP contribution is -2.49. The molecule has 1 saturated heterocycles. The van der Waals surface area contributed by atoms with Crippen LogP contribution in [-0.2, 0) is 4.79 Å². The van der Waals surface area contributed by atoms with Crippen LogP contribution in [0.4, 0.5) is 4.39 Å². The SMILES string of the molecule is O=C(O)CC[C@H](c1ccc(F)cc1)N1CCN(C(=O)c2ccccc2I)CC1. The van der Waals surface area contributed by atoms with Crippen molar-refractivity contribution < 1.29 is 19.1 Å². The number of nitrogens with zero attached hydrogens (tertiary/aromatic N) is 2.